The predicted octanol–water partition coefficient (Wildman–Crippen LogP) is 4.05. The van der Waals surface area contributed by atoms with Crippen molar-refractivity contribution >= 4 is 16.5 Å². The first kappa shape index (κ1) is 17.5. The summed E-state index contributed by atoms with van der Waals surface area (Å²) >= 11 is 1.49. The number of thiazole rings is 1. The van der Waals surface area contributed by atoms with Gasteiger partial charge in [-0.25, -0.2) is 4.98 Å². The number of methoxy groups -OCH3 is 1. The lowest BCUT2D eigenvalue weighted by Crippen LogP contribution is -2.18. The third-order valence-corrected chi connectivity index (χ3v) is 4.89. The molecule has 0 fully saturated rings. The quantitative estimate of drug-likeness (QED) is 0.600. The molecule has 25 heavy (non-hydrogen) atoms. The number of nitrogen functional groups attached to an aromatic ring is 1. The Morgan fingerprint density at radius 1 is 1.12 bits per heavy atom. The Morgan fingerprint density at radius 2 is 1.88 bits per heavy atom. The molecule has 0 spiro atoms. The molecule has 3 rings (SSSR count). The van der Waals surface area contributed by atoms with Crippen LogP contribution in [0.25, 0.3) is 0 Å². The maximum Gasteiger partial charge on any atom is 0.180 e. The summed E-state index contributed by atoms with van der Waals surface area (Å²) in [6, 6.07) is 18.6. The summed E-state index contributed by atoms with van der Waals surface area (Å²) in [6.45, 7) is 1.78. The Morgan fingerprint density at radius 3 is 2.52 bits per heavy atom. The first-order valence-corrected chi connectivity index (χ1v) is 9.23. The third kappa shape index (κ3) is 4.81. The lowest BCUT2D eigenvalue weighted by atomic mass is 9.93. The van der Waals surface area contributed by atoms with Crippen LogP contribution in [0.4, 0.5) is 5.13 Å². The van der Waals surface area contributed by atoms with E-state index in [4.69, 9.17) is 10.5 Å². The minimum atomic E-state index is 0.225. The standard InChI is InChI=1S/C20H23N3OS/c1-24-17-9-7-16(8-10-17)18(19-14-25-20(21)23-19)11-12-22-13-15-5-3-2-4-6-15/h2-10,14,18,22H,11-13H2,1H3,(H2,21,23). The molecule has 0 saturated carbocycles. The van der Waals surface area contributed by atoms with Gasteiger partial charge in [-0.2, -0.15) is 0 Å². The van der Waals surface area contributed by atoms with E-state index in [1.807, 2.05) is 18.2 Å². The van der Waals surface area contributed by atoms with Crippen molar-refractivity contribution in [1.29, 1.82) is 0 Å². The molecule has 3 N–H and O–H groups in total. The van der Waals surface area contributed by atoms with Gasteiger partial charge in [-0.3, -0.25) is 0 Å². The lowest BCUT2D eigenvalue weighted by molar-refractivity contribution is 0.414. The average Bonchev–Trinajstić information content (AvgIpc) is 3.09. The summed E-state index contributed by atoms with van der Waals surface area (Å²) in [7, 11) is 1.68. The molecule has 5 heteroatoms. The number of nitrogens with zero attached hydrogens (tertiary/aromatic N) is 1. The molecule has 0 aliphatic carbocycles. The second-order valence-corrected chi connectivity index (χ2v) is 6.78. The Labute approximate surface area is 152 Å². The van der Waals surface area contributed by atoms with Crippen LogP contribution in [0, 0.1) is 0 Å². The molecule has 0 aliphatic rings. The highest BCUT2D eigenvalue weighted by atomic mass is 32.1. The first-order chi connectivity index (χ1) is 12.3. The largest absolute Gasteiger partial charge is 0.497 e. The molecule has 2 aromatic carbocycles. The van der Waals surface area contributed by atoms with E-state index in [1.165, 1.54) is 22.5 Å². The molecular formula is C20H23N3OS. The van der Waals surface area contributed by atoms with Gasteiger partial charge in [-0.15, -0.1) is 11.3 Å². The molecule has 0 aliphatic heterocycles. The maximum atomic E-state index is 5.84. The van der Waals surface area contributed by atoms with Gasteiger partial charge in [0.2, 0.25) is 0 Å². The van der Waals surface area contributed by atoms with Crippen molar-refractivity contribution in [3.05, 3.63) is 76.8 Å². The van der Waals surface area contributed by atoms with Crippen LogP contribution in [-0.4, -0.2) is 18.6 Å². The SMILES string of the molecule is COc1ccc(C(CCNCc2ccccc2)c2csc(N)n2)cc1. The number of nitrogens with two attached hydrogens (primary N) is 1. The second-order valence-electron chi connectivity index (χ2n) is 5.89. The van der Waals surface area contributed by atoms with Crippen LogP contribution in [-0.2, 0) is 6.54 Å². The number of anilines is 1. The summed E-state index contributed by atoms with van der Waals surface area (Å²) < 4.78 is 5.26. The van der Waals surface area contributed by atoms with E-state index >= 15 is 0 Å². The molecule has 1 atom stereocenters. The van der Waals surface area contributed by atoms with Crippen molar-refractivity contribution in [2.24, 2.45) is 0 Å². The minimum absolute atomic E-state index is 0.225. The smallest absolute Gasteiger partial charge is 0.180 e. The molecule has 0 saturated heterocycles. The first-order valence-electron chi connectivity index (χ1n) is 8.36. The number of hydrogen-bond donors (Lipinski definition) is 2. The van der Waals surface area contributed by atoms with Gasteiger partial charge in [-0.05, 0) is 36.2 Å². The molecule has 0 bridgehead atoms. The fraction of sp³-hybridized carbons (Fsp3) is 0.250. The van der Waals surface area contributed by atoms with Crippen molar-refractivity contribution in [2.45, 2.75) is 18.9 Å². The second kappa shape index (κ2) is 8.65. The monoisotopic (exact) mass is 353 g/mol. The Bertz CT molecular complexity index is 771. The van der Waals surface area contributed by atoms with Crippen molar-refractivity contribution < 1.29 is 4.74 Å². The van der Waals surface area contributed by atoms with Gasteiger partial charge in [0.1, 0.15) is 5.75 Å². The lowest BCUT2D eigenvalue weighted by Gasteiger charge is -2.16. The van der Waals surface area contributed by atoms with Crippen LogP contribution in [0.3, 0.4) is 0 Å². The molecule has 0 amide bonds. The highest BCUT2D eigenvalue weighted by molar-refractivity contribution is 7.13. The van der Waals surface area contributed by atoms with E-state index in [-0.39, 0.29) is 5.92 Å². The summed E-state index contributed by atoms with van der Waals surface area (Å²) in [5.41, 5.74) is 9.40. The van der Waals surface area contributed by atoms with Crippen molar-refractivity contribution in [3.63, 3.8) is 0 Å². The third-order valence-electron chi connectivity index (χ3n) is 4.20. The fourth-order valence-electron chi connectivity index (χ4n) is 2.86. The number of benzene rings is 2. The zero-order valence-electron chi connectivity index (χ0n) is 14.3. The Kier molecular flexibility index (Phi) is 6.04. The summed E-state index contributed by atoms with van der Waals surface area (Å²) in [5.74, 6) is 1.09. The van der Waals surface area contributed by atoms with Crippen LogP contribution >= 0.6 is 11.3 Å². The van der Waals surface area contributed by atoms with Gasteiger partial charge in [-0.1, -0.05) is 42.5 Å². The van der Waals surface area contributed by atoms with Crippen molar-refractivity contribution in [3.8, 4) is 5.75 Å². The zero-order chi connectivity index (χ0) is 17.5. The summed E-state index contributed by atoms with van der Waals surface area (Å²) in [4.78, 5) is 4.50. The zero-order valence-corrected chi connectivity index (χ0v) is 15.1. The molecule has 1 aromatic heterocycles. The number of ether oxygens (including phenoxy) is 1. The molecule has 3 aromatic rings. The summed E-state index contributed by atoms with van der Waals surface area (Å²) in [5, 5.41) is 6.19. The Hall–Kier alpha value is -2.37. The highest BCUT2D eigenvalue weighted by Gasteiger charge is 2.17. The number of hydrogen-bond acceptors (Lipinski definition) is 5. The Balaban J connectivity index is 1.66. The van der Waals surface area contributed by atoms with Crippen molar-refractivity contribution in [2.75, 3.05) is 19.4 Å². The minimum Gasteiger partial charge on any atom is -0.497 e. The van der Waals surface area contributed by atoms with E-state index in [9.17, 15) is 0 Å². The molecule has 1 heterocycles. The van der Waals surface area contributed by atoms with Gasteiger partial charge < -0.3 is 15.8 Å². The predicted molar refractivity (Wildman–Crippen MR) is 104 cm³/mol. The van der Waals surface area contributed by atoms with Gasteiger partial charge in [0.05, 0.1) is 12.8 Å². The van der Waals surface area contributed by atoms with Crippen LogP contribution in [0.1, 0.15) is 29.2 Å². The van der Waals surface area contributed by atoms with Gasteiger partial charge in [0.25, 0.3) is 0 Å². The van der Waals surface area contributed by atoms with E-state index in [2.05, 4.69) is 52.1 Å². The number of aromatic nitrogens is 1. The van der Waals surface area contributed by atoms with Crippen LogP contribution in [0.2, 0.25) is 0 Å². The maximum absolute atomic E-state index is 5.84. The van der Waals surface area contributed by atoms with Crippen molar-refractivity contribution in [1.82, 2.24) is 10.3 Å². The van der Waals surface area contributed by atoms with E-state index in [1.54, 1.807) is 7.11 Å². The number of rotatable bonds is 8. The molecule has 0 radical (unpaired) electrons. The normalized spacial score (nSPS) is 12.0. The molecule has 1 unspecified atom stereocenters. The fourth-order valence-corrected chi connectivity index (χ4v) is 3.47. The van der Waals surface area contributed by atoms with Crippen LogP contribution in [0.5, 0.6) is 5.75 Å². The topological polar surface area (TPSA) is 60.2 Å². The highest BCUT2D eigenvalue weighted by Crippen LogP contribution is 2.30. The van der Waals surface area contributed by atoms with Crippen LogP contribution < -0.4 is 15.8 Å². The molecule has 130 valence electrons. The van der Waals surface area contributed by atoms with Gasteiger partial charge >= 0.3 is 0 Å². The molecule has 4 nitrogen and oxygen atoms in total. The molecular weight excluding hydrogens is 330 g/mol. The van der Waals surface area contributed by atoms with E-state index in [0.29, 0.717) is 5.13 Å². The van der Waals surface area contributed by atoms with Gasteiger partial charge in [0, 0.05) is 17.8 Å². The van der Waals surface area contributed by atoms with E-state index < -0.39 is 0 Å². The van der Waals surface area contributed by atoms with Crippen LogP contribution in [0.15, 0.2) is 60.0 Å². The van der Waals surface area contributed by atoms with E-state index in [0.717, 1.165) is 31.0 Å². The van der Waals surface area contributed by atoms with Gasteiger partial charge in [0.15, 0.2) is 5.13 Å². The number of nitrogens with one attached hydrogen (secondary N) is 1. The summed E-state index contributed by atoms with van der Waals surface area (Å²) in [6.07, 6.45) is 0.961. The average molecular weight is 353 g/mol.